The van der Waals surface area contributed by atoms with Gasteiger partial charge in [0.25, 0.3) is 0 Å². The van der Waals surface area contributed by atoms with Crippen LogP contribution < -0.4 is 5.32 Å². The number of benzene rings is 1. The number of hydrogen-bond acceptors (Lipinski definition) is 6. The summed E-state index contributed by atoms with van der Waals surface area (Å²) in [6.45, 7) is 4.96. The molecule has 3 saturated heterocycles. The normalized spacial score (nSPS) is 34.2. The number of nitrogens with one attached hydrogen (secondary N) is 1. The Morgan fingerprint density at radius 3 is 2.78 bits per heavy atom. The Morgan fingerprint density at radius 2 is 2.06 bits per heavy atom. The molecule has 1 saturated carbocycles. The van der Waals surface area contributed by atoms with Gasteiger partial charge in [-0.3, -0.25) is 9.69 Å². The first-order chi connectivity index (χ1) is 17.3. The van der Waals surface area contributed by atoms with E-state index in [1.807, 2.05) is 30.0 Å². The molecule has 7 nitrogen and oxygen atoms in total. The largest absolute Gasteiger partial charge is 0.389 e. The highest BCUT2D eigenvalue weighted by Gasteiger charge is 2.58. The number of nitrogens with zero attached hydrogens (tertiary/aromatic N) is 2. The van der Waals surface area contributed by atoms with Crippen molar-refractivity contribution in [2.24, 2.45) is 11.3 Å². The predicted molar refractivity (Wildman–Crippen MR) is 135 cm³/mol. The number of carbonyl (C=O) groups is 1. The standard InChI is InChI=1S/C27H33ClFN3O4/c1-26(15-36-14-23(26)33)32-5-2-18(22(29)13-32)19-8-16-10-24(30-12-17(16)9-21(19)28)31-25(34)20-11-27(20)3-6-35-7-4-27/h8-10,12,18,20,22-23,33H,2-7,11,13-15H2,1H3,(H,30,31,34)/t18-,20+,22-,23?,26?/m1/s1. The number of ether oxygens (including phenoxy) is 2. The number of pyridine rings is 1. The zero-order valence-corrected chi connectivity index (χ0v) is 21.3. The van der Waals surface area contributed by atoms with Gasteiger partial charge in [0, 0.05) is 48.2 Å². The molecule has 1 aliphatic carbocycles. The lowest BCUT2D eigenvalue weighted by molar-refractivity contribution is -0.118. The highest BCUT2D eigenvalue weighted by atomic mass is 35.5. The number of halogens is 2. The molecule has 4 aliphatic rings. The molecule has 3 aliphatic heterocycles. The number of hydrogen-bond donors (Lipinski definition) is 2. The van der Waals surface area contributed by atoms with Crippen LogP contribution in [-0.4, -0.2) is 78.2 Å². The van der Waals surface area contributed by atoms with Crippen LogP contribution in [-0.2, 0) is 14.3 Å². The molecule has 9 heteroatoms. The van der Waals surface area contributed by atoms with Crippen molar-refractivity contribution >= 4 is 34.1 Å². The van der Waals surface area contributed by atoms with E-state index >= 15 is 4.39 Å². The number of aliphatic hydroxyl groups excluding tert-OH is 1. The van der Waals surface area contributed by atoms with Gasteiger partial charge >= 0.3 is 0 Å². The number of carbonyl (C=O) groups excluding carboxylic acids is 1. The van der Waals surface area contributed by atoms with Crippen LogP contribution in [0.4, 0.5) is 10.2 Å². The van der Waals surface area contributed by atoms with Crippen LogP contribution >= 0.6 is 11.6 Å². The van der Waals surface area contributed by atoms with Gasteiger partial charge in [0.15, 0.2) is 0 Å². The second-order valence-electron chi connectivity index (χ2n) is 11.3. The Balaban J connectivity index is 1.18. The fourth-order valence-electron chi connectivity index (χ4n) is 6.47. The second-order valence-corrected chi connectivity index (χ2v) is 11.7. The van der Waals surface area contributed by atoms with Gasteiger partial charge in [0.1, 0.15) is 12.0 Å². The van der Waals surface area contributed by atoms with Gasteiger partial charge in [-0.2, -0.15) is 0 Å². The van der Waals surface area contributed by atoms with Crippen LogP contribution in [0.15, 0.2) is 24.4 Å². The smallest absolute Gasteiger partial charge is 0.229 e. The number of fused-ring (bicyclic) bond motifs is 1. The van der Waals surface area contributed by atoms with Crippen LogP contribution in [0.5, 0.6) is 0 Å². The summed E-state index contributed by atoms with van der Waals surface area (Å²) in [7, 11) is 0. The molecule has 194 valence electrons. The van der Waals surface area contributed by atoms with E-state index in [-0.39, 0.29) is 36.3 Å². The van der Waals surface area contributed by atoms with Crippen molar-refractivity contribution in [1.29, 1.82) is 0 Å². The van der Waals surface area contributed by atoms with Crippen molar-refractivity contribution in [3.8, 4) is 0 Å². The zero-order chi connectivity index (χ0) is 25.1. The number of alkyl halides is 1. The van der Waals surface area contributed by atoms with Crippen molar-refractivity contribution in [3.05, 3.63) is 35.0 Å². The first-order valence-electron chi connectivity index (χ1n) is 12.9. The van der Waals surface area contributed by atoms with E-state index in [2.05, 4.69) is 10.3 Å². The molecule has 1 aromatic heterocycles. The average molecular weight is 518 g/mol. The molecule has 2 aromatic rings. The van der Waals surface area contributed by atoms with Crippen LogP contribution in [0.3, 0.4) is 0 Å². The number of rotatable bonds is 4. The molecule has 0 radical (unpaired) electrons. The van der Waals surface area contributed by atoms with E-state index in [1.165, 1.54) is 0 Å². The quantitative estimate of drug-likeness (QED) is 0.639. The van der Waals surface area contributed by atoms with E-state index < -0.39 is 17.8 Å². The summed E-state index contributed by atoms with van der Waals surface area (Å²) in [5.41, 5.74) is 0.311. The monoisotopic (exact) mass is 517 g/mol. The molecule has 4 fully saturated rings. The first-order valence-corrected chi connectivity index (χ1v) is 13.3. The van der Waals surface area contributed by atoms with Crippen LogP contribution in [0.1, 0.15) is 44.1 Å². The predicted octanol–water partition coefficient (Wildman–Crippen LogP) is 3.92. The van der Waals surface area contributed by atoms with Crippen molar-refractivity contribution in [1.82, 2.24) is 9.88 Å². The van der Waals surface area contributed by atoms with Crippen molar-refractivity contribution in [2.75, 3.05) is 44.8 Å². The minimum absolute atomic E-state index is 0.0145. The lowest BCUT2D eigenvalue weighted by Crippen LogP contribution is -2.58. The van der Waals surface area contributed by atoms with Crippen molar-refractivity contribution in [2.45, 2.75) is 56.3 Å². The second kappa shape index (κ2) is 9.17. The van der Waals surface area contributed by atoms with E-state index in [1.54, 1.807) is 6.20 Å². The summed E-state index contributed by atoms with van der Waals surface area (Å²) in [6, 6.07) is 5.62. The van der Waals surface area contributed by atoms with E-state index in [0.717, 1.165) is 48.8 Å². The van der Waals surface area contributed by atoms with Gasteiger partial charge in [0.05, 0.1) is 24.9 Å². The van der Waals surface area contributed by atoms with Gasteiger partial charge in [-0.25, -0.2) is 9.37 Å². The minimum Gasteiger partial charge on any atom is -0.389 e. The molecule has 1 amide bonds. The molecular formula is C27H33ClFN3O4. The van der Waals surface area contributed by atoms with E-state index in [0.29, 0.717) is 30.4 Å². The summed E-state index contributed by atoms with van der Waals surface area (Å²) in [5.74, 6) is 0.195. The molecule has 2 N–H and O–H groups in total. The molecule has 0 bridgehead atoms. The summed E-state index contributed by atoms with van der Waals surface area (Å²) in [5, 5.41) is 15.6. The molecule has 5 atom stereocenters. The van der Waals surface area contributed by atoms with Gasteiger partial charge in [0.2, 0.25) is 5.91 Å². The number of aliphatic hydroxyl groups is 1. The van der Waals surface area contributed by atoms with Crippen molar-refractivity contribution < 1.29 is 23.8 Å². The molecule has 6 rings (SSSR count). The summed E-state index contributed by atoms with van der Waals surface area (Å²) >= 11 is 6.62. The van der Waals surface area contributed by atoms with Crippen LogP contribution in [0, 0.1) is 11.3 Å². The SMILES string of the molecule is CC1(N2CC[C@H](c3cc4cc(NC(=O)[C@@H]5CC56CCOCC6)ncc4cc3Cl)[C@H](F)C2)COCC1O. The number of amides is 1. The zero-order valence-electron chi connectivity index (χ0n) is 20.5. The van der Waals surface area contributed by atoms with Gasteiger partial charge in [-0.1, -0.05) is 11.6 Å². The topological polar surface area (TPSA) is 83.9 Å². The maximum Gasteiger partial charge on any atom is 0.229 e. The Hall–Kier alpha value is -1.84. The van der Waals surface area contributed by atoms with Crippen molar-refractivity contribution in [3.63, 3.8) is 0 Å². The van der Waals surface area contributed by atoms with E-state index in [9.17, 15) is 9.90 Å². The fraction of sp³-hybridized carbons (Fsp3) is 0.630. The fourth-order valence-corrected chi connectivity index (χ4v) is 6.78. The first kappa shape index (κ1) is 24.5. The summed E-state index contributed by atoms with van der Waals surface area (Å²) < 4.78 is 26.4. The maximum absolute atomic E-state index is 15.5. The summed E-state index contributed by atoms with van der Waals surface area (Å²) in [6.07, 6.45) is 3.34. The molecule has 36 heavy (non-hydrogen) atoms. The third-order valence-electron chi connectivity index (χ3n) is 9.13. The molecule has 2 unspecified atom stereocenters. The Morgan fingerprint density at radius 1 is 1.25 bits per heavy atom. The number of piperidine rings is 1. The molecule has 4 heterocycles. The number of likely N-dealkylation sites (tertiary alicyclic amines) is 1. The van der Waals surface area contributed by atoms with Crippen LogP contribution in [0.2, 0.25) is 5.02 Å². The lowest BCUT2D eigenvalue weighted by atomic mass is 9.84. The number of aromatic nitrogens is 1. The van der Waals surface area contributed by atoms with Gasteiger partial charge in [-0.15, -0.1) is 0 Å². The maximum atomic E-state index is 15.5. The third-order valence-corrected chi connectivity index (χ3v) is 9.46. The lowest BCUT2D eigenvalue weighted by Gasteiger charge is -2.45. The Kier molecular flexibility index (Phi) is 6.24. The molecule has 1 spiro atoms. The third kappa shape index (κ3) is 4.21. The Bertz CT molecular complexity index is 1180. The summed E-state index contributed by atoms with van der Waals surface area (Å²) in [4.78, 5) is 19.3. The minimum atomic E-state index is -1.12. The highest BCUT2D eigenvalue weighted by Crippen LogP contribution is 2.59. The molecular weight excluding hydrogens is 485 g/mol. The van der Waals surface area contributed by atoms with Crippen LogP contribution in [0.25, 0.3) is 10.8 Å². The number of anilines is 1. The van der Waals surface area contributed by atoms with Gasteiger partial charge in [-0.05, 0) is 73.7 Å². The Labute approximate surface area is 215 Å². The molecule has 1 aromatic carbocycles. The average Bonchev–Trinajstić information content (AvgIpc) is 3.44. The highest BCUT2D eigenvalue weighted by molar-refractivity contribution is 6.32. The van der Waals surface area contributed by atoms with E-state index in [4.69, 9.17) is 21.1 Å². The van der Waals surface area contributed by atoms with Gasteiger partial charge < -0.3 is 19.9 Å².